The Kier molecular flexibility index (Phi) is 3.17. The van der Waals surface area contributed by atoms with E-state index in [1.807, 2.05) is 12.1 Å². The number of ketones is 1. The van der Waals surface area contributed by atoms with Crippen LogP contribution in [0.2, 0.25) is 0 Å². The van der Waals surface area contributed by atoms with Gasteiger partial charge in [0, 0.05) is 12.4 Å². The Morgan fingerprint density at radius 1 is 1.67 bits per heavy atom. The minimum Gasteiger partial charge on any atom is -0.324 e. The molecule has 12 heavy (non-hydrogen) atoms. The van der Waals surface area contributed by atoms with Gasteiger partial charge in [0.05, 0.1) is 6.54 Å². The first kappa shape index (κ1) is 8.62. The average molecular weight is 162 g/mol. The molecule has 0 atom stereocenters. The molecule has 3 heteroatoms. The molecule has 0 aliphatic heterocycles. The molecule has 1 aromatic heterocycles. The maximum atomic E-state index is 10.8. The molecule has 0 unspecified atom stereocenters. The number of carbonyl (C=O) groups is 1. The molecule has 0 aliphatic carbocycles. The fourth-order valence-electron chi connectivity index (χ4n) is 0.732. The summed E-state index contributed by atoms with van der Waals surface area (Å²) in [7, 11) is 0. The Balaban J connectivity index is 2.64. The predicted molar refractivity (Wildman–Crippen MR) is 47.3 cm³/mol. The van der Waals surface area contributed by atoms with E-state index in [2.05, 4.69) is 4.98 Å². The molecular weight excluding hydrogens is 152 g/mol. The fraction of sp³-hybridized carbons (Fsp3) is 0.111. The van der Waals surface area contributed by atoms with Crippen molar-refractivity contribution in [2.45, 2.75) is 0 Å². The Hall–Kier alpha value is -1.48. The average Bonchev–Trinajstić information content (AvgIpc) is 2.16. The van der Waals surface area contributed by atoms with Gasteiger partial charge in [-0.3, -0.25) is 9.78 Å². The van der Waals surface area contributed by atoms with E-state index in [4.69, 9.17) is 5.73 Å². The molecular formula is C9H10N2O. The van der Waals surface area contributed by atoms with Gasteiger partial charge in [-0.1, -0.05) is 6.07 Å². The van der Waals surface area contributed by atoms with Crippen LogP contribution in [-0.2, 0) is 4.79 Å². The first-order valence-electron chi connectivity index (χ1n) is 3.64. The van der Waals surface area contributed by atoms with E-state index in [0.717, 1.165) is 5.56 Å². The number of hydrogen-bond acceptors (Lipinski definition) is 3. The largest absolute Gasteiger partial charge is 0.324 e. The van der Waals surface area contributed by atoms with Gasteiger partial charge in [-0.25, -0.2) is 0 Å². The quantitative estimate of drug-likeness (QED) is 0.663. The van der Waals surface area contributed by atoms with Crippen molar-refractivity contribution in [2.24, 2.45) is 5.73 Å². The summed E-state index contributed by atoms with van der Waals surface area (Å²) in [6.45, 7) is 0.0523. The molecule has 0 bridgehead atoms. The second-order valence-electron chi connectivity index (χ2n) is 2.29. The number of pyridine rings is 1. The van der Waals surface area contributed by atoms with Crippen molar-refractivity contribution in [1.82, 2.24) is 4.98 Å². The van der Waals surface area contributed by atoms with Crippen molar-refractivity contribution >= 4 is 11.9 Å². The third-order valence-electron chi connectivity index (χ3n) is 1.35. The number of nitrogens with zero attached hydrogens (tertiary/aromatic N) is 1. The lowest BCUT2D eigenvalue weighted by Crippen LogP contribution is -2.09. The molecule has 1 rings (SSSR count). The van der Waals surface area contributed by atoms with Crippen LogP contribution in [0.4, 0.5) is 0 Å². The summed E-state index contributed by atoms with van der Waals surface area (Å²) >= 11 is 0. The lowest BCUT2D eigenvalue weighted by molar-refractivity contribution is -0.113. The van der Waals surface area contributed by atoms with Crippen molar-refractivity contribution in [1.29, 1.82) is 0 Å². The van der Waals surface area contributed by atoms with Crippen LogP contribution in [0.15, 0.2) is 30.6 Å². The highest BCUT2D eigenvalue weighted by molar-refractivity contribution is 5.94. The number of rotatable bonds is 3. The molecule has 1 heterocycles. The van der Waals surface area contributed by atoms with Gasteiger partial charge in [-0.05, 0) is 23.8 Å². The van der Waals surface area contributed by atoms with E-state index in [1.165, 1.54) is 6.08 Å². The highest BCUT2D eigenvalue weighted by atomic mass is 16.1. The lowest BCUT2D eigenvalue weighted by atomic mass is 10.2. The molecule has 0 amide bonds. The van der Waals surface area contributed by atoms with Crippen molar-refractivity contribution in [3.63, 3.8) is 0 Å². The van der Waals surface area contributed by atoms with Crippen LogP contribution in [-0.4, -0.2) is 17.3 Å². The van der Waals surface area contributed by atoms with Crippen LogP contribution in [0, 0.1) is 0 Å². The highest BCUT2D eigenvalue weighted by Gasteiger charge is 1.89. The summed E-state index contributed by atoms with van der Waals surface area (Å²) in [5, 5.41) is 0. The third-order valence-corrected chi connectivity index (χ3v) is 1.35. The zero-order valence-electron chi connectivity index (χ0n) is 6.60. The van der Waals surface area contributed by atoms with Gasteiger partial charge in [0.1, 0.15) is 0 Å². The molecule has 0 aliphatic rings. The van der Waals surface area contributed by atoms with E-state index < -0.39 is 0 Å². The lowest BCUT2D eigenvalue weighted by Gasteiger charge is -1.89. The molecule has 0 radical (unpaired) electrons. The number of hydrogen-bond donors (Lipinski definition) is 1. The van der Waals surface area contributed by atoms with Crippen LogP contribution in [0.5, 0.6) is 0 Å². The zero-order valence-corrected chi connectivity index (χ0v) is 6.60. The normalized spacial score (nSPS) is 10.4. The van der Waals surface area contributed by atoms with Gasteiger partial charge < -0.3 is 5.73 Å². The molecule has 0 spiro atoms. The second kappa shape index (κ2) is 4.41. The smallest absolute Gasteiger partial charge is 0.169 e. The summed E-state index contributed by atoms with van der Waals surface area (Å²) in [6, 6.07) is 3.68. The van der Waals surface area contributed by atoms with Crippen LogP contribution < -0.4 is 5.73 Å². The van der Waals surface area contributed by atoms with Crippen LogP contribution in [0.25, 0.3) is 6.08 Å². The second-order valence-corrected chi connectivity index (χ2v) is 2.29. The number of carbonyl (C=O) groups excluding carboxylic acids is 1. The molecule has 2 N–H and O–H groups in total. The highest BCUT2D eigenvalue weighted by Crippen LogP contribution is 1.97. The van der Waals surface area contributed by atoms with E-state index in [0.29, 0.717) is 0 Å². The van der Waals surface area contributed by atoms with Crippen LogP contribution >= 0.6 is 0 Å². The fourth-order valence-corrected chi connectivity index (χ4v) is 0.732. The van der Waals surface area contributed by atoms with Gasteiger partial charge >= 0.3 is 0 Å². The molecule has 0 fully saturated rings. The Morgan fingerprint density at radius 3 is 3.08 bits per heavy atom. The predicted octanol–water partition coefficient (Wildman–Crippen LogP) is 0.623. The van der Waals surface area contributed by atoms with Crippen LogP contribution in [0.3, 0.4) is 0 Å². The van der Waals surface area contributed by atoms with Crippen LogP contribution in [0.1, 0.15) is 5.56 Å². The first-order valence-corrected chi connectivity index (χ1v) is 3.64. The zero-order chi connectivity index (χ0) is 8.81. The maximum Gasteiger partial charge on any atom is 0.169 e. The Bertz CT molecular complexity index is 280. The topological polar surface area (TPSA) is 56.0 Å². The van der Waals surface area contributed by atoms with E-state index in [1.54, 1.807) is 18.5 Å². The van der Waals surface area contributed by atoms with Crippen molar-refractivity contribution in [3.05, 3.63) is 36.2 Å². The first-order chi connectivity index (χ1) is 5.83. The standard InChI is InChI=1S/C9H10N2O/c10-6-9(12)4-3-8-2-1-5-11-7-8/h1-5,7H,6,10H2/b4-3+. The monoisotopic (exact) mass is 162 g/mol. The van der Waals surface area contributed by atoms with E-state index in [9.17, 15) is 4.79 Å². The van der Waals surface area contributed by atoms with E-state index >= 15 is 0 Å². The summed E-state index contributed by atoms with van der Waals surface area (Å²) in [5.41, 5.74) is 6.02. The van der Waals surface area contributed by atoms with Crippen molar-refractivity contribution in [3.8, 4) is 0 Å². The van der Waals surface area contributed by atoms with Gasteiger partial charge in [0.2, 0.25) is 0 Å². The summed E-state index contributed by atoms with van der Waals surface area (Å²) in [5.74, 6) is -0.0844. The minimum atomic E-state index is -0.0844. The van der Waals surface area contributed by atoms with Gasteiger partial charge in [-0.2, -0.15) is 0 Å². The Morgan fingerprint density at radius 2 is 2.50 bits per heavy atom. The third kappa shape index (κ3) is 2.64. The Labute approximate surface area is 70.9 Å². The molecule has 62 valence electrons. The summed E-state index contributed by atoms with van der Waals surface area (Å²) in [6.07, 6.45) is 6.52. The van der Waals surface area contributed by atoms with E-state index in [-0.39, 0.29) is 12.3 Å². The minimum absolute atomic E-state index is 0.0523. The molecule has 3 nitrogen and oxygen atoms in total. The van der Waals surface area contributed by atoms with Crippen molar-refractivity contribution in [2.75, 3.05) is 6.54 Å². The number of aromatic nitrogens is 1. The number of nitrogens with two attached hydrogens (primary N) is 1. The molecule has 0 saturated heterocycles. The summed E-state index contributed by atoms with van der Waals surface area (Å²) in [4.78, 5) is 14.6. The van der Waals surface area contributed by atoms with Gasteiger partial charge in [-0.15, -0.1) is 0 Å². The molecule has 0 saturated carbocycles. The van der Waals surface area contributed by atoms with Gasteiger partial charge in [0.15, 0.2) is 5.78 Å². The molecule has 0 aromatic carbocycles. The maximum absolute atomic E-state index is 10.8. The van der Waals surface area contributed by atoms with Gasteiger partial charge in [0.25, 0.3) is 0 Å². The molecule has 1 aromatic rings. The summed E-state index contributed by atoms with van der Waals surface area (Å²) < 4.78 is 0. The SMILES string of the molecule is NCC(=O)/C=C/c1cccnc1. The van der Waals surface area contributed by atoms with Crippen molar-refractivity contribution < 1.29 is 4.79 Å².